The molecule has 0 aliphatic rings. The number of hydrogen-bond acceptors (Lipinski definition) is 7. The lowest BCUT2D eigenvalue weighted by Gasteiger charge is -2.25. The number of nitrogens with one attached hydrogen (secondary N) is 1. The summed E-state index contributed by atoms with van der Waals surface area (Å²) in [4.78, 5) is 29.0. The third-order valence-electron chi connectivity index (χ3n) is 5.24. The fourth-order valence-corrected chi connectivity index (χ4v) is 5.08. The maximum absolute atomic E-state index is 13.9. The number of thiazole rings is 1. The number of halogens is 2. The number of aromatic nitrogens is 3. The summed E-state index contributed by atoms with van der Waals surface area (Å²) in [5, 5.41) is 4.48. The molecular formula is C25H23Cl2N5O2S. The van der Waals surface area contributed by atoms with E-state index in [0.717, 1.165) is 16.9 Å². The summed E-state index contributed by atoms with van der Waals surface area (Å²) in [6.07, 6.45) is 0. The number of nitrogens with zero attached hydrogens (tertiary/aromatic N) is 4. The van der Waals surface area contributed by atoms with E-state index in [4.69, 9.17) is 27.9 Å². The van der Waals surface area contributed by atoms with Gasteiger partial charge in [0.05, 0.1) is 30.1 Å². The number of aryl methyl sites for hydroxylation is 3. The predicted octanol–water partition coefficient (Wildman–Crippen LogP) is 6.76. The van der Waals surface area contributed by atoms with Crippen LogP contribution in [0.1, 0.15) is 32.3 Å². The first kappa shape index (κ1) is 24.9. The van der Waals surface area contributed by atoms with Crippen molar-refractivity contribution in [3.63, 3.8) is 0 Å². The average Bonchev–Trinajstić information content (AvgIpc) is 3.17. The second-order valence-electron chi connectivity index (χ2n) is 7.83. The van der Waals surface area contributed by atoms with E-state index < -0.39 is 0 Å². The predicted molar refractivity (Wildman–Crippen MR) is 142 cm³/mol. The van der Waals surface area contributed by atoms with Crippen molar-refractivity contribution in [1.82, 2.24) is 15.0 Å². The van der Waals surface area contributed by atoms with Crippen molar-refractivity contribution in [1.29, 1.82) is 0 Å². The van der Waals surface area contributed by atoms with E-state index in [2.05, 4.69) is 20.3 Å². The van der Waals surface area contributed by atoms with Crippen LogP contribution in [0, 0.1) is 20.8 Å². The molecule has 2 aromatic heterocycles. The van der Waals surface area contributed by atoms with Crippen molar-refractivity contribution in [3.05, 3.63) is 86.2 Å². The molecule has 0 fully saturated rings. The summed E-state index contributed by atoms with van der Waals surface area (Å²) in [7, 11) is 1.62. The highest BCUT2D eigenvalue weighted by Gasteiger charge is 2.26. The van der Waals surface area contributed by atoms with Crippen molar-refractivity contribution in [2.24, 2.45) is 0 Å². The lowest BCUT2D eigenvalue weighted by molar-refractivity contribution is 0.0988. The molecule has 4 aromatic rings. The van der Waals surface area contributed by atoms with Gasteiger partial charge in [-0.2, -0.15) is 0 Å². The van der Waals surface area contributed by atoms with E-state index >= 15 is 0 Å². The zero-order valence-corrected chi connectivity index (χ0v) is 21.9. The van der Waals surface area contributed by atoms with Crippen molar-refractivity contribution in [2.45, 2.75) is 27.3 Å². The molecule has 1 N–H and O–H groups in total. The highest BCUT2D eigenvalue weighted by atomic mass is 35.5. The average molecular weight is 528 g/mol. The van der Waals surface area contributed by atoms with Gasteiger partial charge in [-0.1, -0.05) is 58.8 Å². The Morgan fingerprint density at radius 2 is 1.80 bits per heavy atom. The van der Waals surface area contributed by atoms with Gasteiger partial charge in [0.1, 0.15) is 27.4 Å². The molecule has 0 saturated carbocycles. The van der Waals surface area contributed by atoms with Crippen molar-refractivity contribution in [2.75, 3.05) is 17.3 Å². The second-order valence-corrected chi connectivity index (χ2v) is 9.62. The Labute approximate surface area is 217 Å². The molecule has 4 rings (SSSR count). The molecule has 0 unspecified atom stereocenters. The lowest BCUT2D eigenvalue weighted by Crippen LogP contribution is -2.31. The molecule has 0 spiro atoms. The highest BCUT2D eigenvalue weighted by Crippen LogP contribution is 2.34. The summed E-state index contributed by atoms with van der Waals surface area (Å²) >= 11 is 13.9. The van der Waals surface area contributed by atoms with Crippen LogP contribution in [0.2, 0.25) is 10.2 Å². The van der Waals surface area contributed by atoms with E-state index in [1.54, 1.807) is 38.0 Å². The summed E-state index contributed by atoms with van der Waals surface area (Å²) in [6, 6.07) is 14.8. The van der Waals surface area contributed by atoms with Crippen LogP contribution in [-0.4, -0.2) is 28.0 Å². The standard InChI is InChI=1S/C25H23Cl2N5O2S/c1-14-6-5-7-19(26)22(14)32(13-17-8-10-18(34-4)11-9-17)24(33)23-15(2)28-25(35-23)31-21-12-20(27)29-16(3)30-21/h5-12H,13H2,1-4H3,(H,28,29,30,31). The molecule has 0 radical (unpaired) electrons. The van der Waals surface area contributed by atoms with Crippen molar-refractivity contribution < 1.29 is 9.53 Å². The first-order valence-corrected chi connectivity index (χ1v) is 12.3. The molecule has 0 atom stereocenters. The van der Waals surface area contributed by atoms with E-state index in [0.29, 0.717) is 49.8 Å². The van der Waals surface area contributed by atoms with Gasteiger partial charge in [0, 0.05) is 6.07 Å². The van der Waals surface area contributed by atoms with Crippen LogP contribution in [-0.2, 0) is 6.54 Å². The van der Waals surface area contributed by atoms with Crippen LogP contribution < -0.4 is 15.0 Å². The zero-order valence-electron chi connectivity index (χ0n) is 19.6. The summed E-state index contributed by atoms with van der Waals surface area (Å²) < 4.78 is 5.26. The Morgan fingerprint density at radius 3 is 2.46 bits per heavy atom. The van der Waals surface area contributed by atoms with Crippen molar-refractivity contribution >= 4 is 57.1 Å². The monoisotopic (exact) mass is 527 g/mol. The molecule has 0 saturated heterocycles. The van der Waals surface area contributed by atoms with Gasteiger partial charge in [0.15, 0.2) is 5.13 Å². The molecule has 2 aromatic carbocycles. The third-order valence-corrected chi connectivity index (χ3v) is 6.80. The number of benzene rings is 2. The molecule has 10 heteroatoms. The van der Waals surface area contributed by atoms with Gasteiger partial charge in [-0.25, -0.2) is 15.0 Å². The summed E-state index contributed by atoms with van der Waals surface area (Å²) in [6.45, 7) is 5.82. The van der Waals surface area contributed by atoms with Crippen LogP contribution in [0.15, 0.2) is 48.5 Å². The van der Waals surface area contributed by atoms with E-state index in [-0.39, 0.29) is 5.91 Å². The van der Waals surface area contributed by atoms with Crippen LogP contribution in [0.4, 0.5) is 16.6 Å². The number of para-hydroxylation sites is 1. The number of hydrogen-bond donors (Lipinski definition) is 1. The molecular weight excluding hydrogens is 505 g/mol. The molecule has 35 heavy (non-hydrogen) atoms. The maximum atomic E-state index is 13.9. The van der Waals surface area contributed by atoms with Gasteiger partial charge >= 0.3 is 0 Å². The van der Waals surface area contributed by atoms with Gasteiger partial charge in [0.25, 0.3) is 5.91 Å². The first-order chi connectivity index (χ1) is 16.7. The highest BCUT2D eigenvalue weighted by molar-refractivity contribution is 7.17. The Morgan fingerprint density at radius 1 is 1.06 bits per heavy atom. The Balaban J connectivity index is 1.70. The normalized spacial score (nSPS) is 10.8. The number of ether oxygens (including phenoxy) is 1. The van der Waals surface area contributed by atoms with Gasteiger partial charge in [-0.15, -0.1) is 0 Å². The largest absolute Gasteiger partial charge is 0.497 e. The molecule has 7 nitrogen and oxygen atoms in total. The molecule has 0 aliphatic heterocycles. The molecule has 0 bridgehead atoms. The van der Waals surface area contributed by atoms with Crippen LogP contribution in [0.25, 0.3) is 0 Å². The lowest BCUT2D eigenvalue weighted by atomic mass is 10.1. The number of rotatable bonds is 7. The smallest absolute Gasteiger partial charge is 0.270 e. The van der Waals surface area contributed by atoms with Gasteiger partial charge in [-0.3, -0.25) is 4.79 Å². The van der Waals surface area contributed by atoms with E-state index in [9.17, 15) is 4.79 Å². The third kappa shape index (κ3) is 5.73. The van der Waals surface area contributed by atoms with Crippen molar-refractivity contribution in [3.8, 4) is 5.75 Å². The van der Waals surface area contributed by atoms with E-state index in [1.807, 2.05) is 43.3 Å². The van der Waals surface area contributed by atoms with Gasteiger partial charge in [-0.05, 0) is 50.1 Å². The molecule has 1 amide bonds. The Hall–Kier alpha value is -3.20. The fourth-order valence-electron chi connectivity index (χ4n) is 3.61. The molecule has 180 valence electrons. The quantitative estimate of drug-likeness (QED) is 0.267. The van der Waals surface area contributed by atoms with Gasteiger partial charge < -0.3 is 15.0 Å². The summed E-state index contributed by atoms with van der Waals surface area (Å²) in [5.41, 5.74) is 3.09. The van der Waals surface area contributed by atoms with Crippen LogP contribution in [0.5, 0.6) is 5.75 Å². The zero-order chi connectivity index (χ0) is 25.1. The topological polar surface area (TPSA) is 80.2 Å². The maximum Gasteiger partial charge on any atom is 0.270 e. The number of anilines is 3. The van der Waals surface area contributed by atoms with Crippen LogP contribution >= 0.6 is 34.5 Å². The second kappa shape index (κ2) is 10.6. The number of carbonyl (C=O) groups excluding carboxylic acids is 1. The SMILES string of the molecule is COc1ccc(CN(C(=O)c2sc(Nc3cc(Cl)nc(C)n3)nc2C)c2c(C)cccc2Cl)cc1. The number of amides is 1. The molecule has 0 aliphatic carbocycles. The number of methoxy groups -OCH3 is 1. The minimum absolute atomic E-state index is 0.197. The summed E-state index contributed by atoms with van der Waals surface area (Å²) in [5.74, 6) is 1.59. The van der Waals surface area contributed by atoms with Gasteiger partial charge in [0.2, 0.25) is 0 Å². The molecule has 2 heterocycles. The van der Waals surface area contributed by atoms with E-state index in [1.165, 1.54) is 11.3 Å². The Kier molecular flexibility index (Phi) is 7.54. The Bertz CT molecular complexity index is 1330. The first-order valence-electron chi connectivity index (χ1n) is 10.7. The van der Waals surface area contributed by atoms with Crippen LogP contribution in [0.3, 0.4) is 0 Å². The fraction of sp³-hybridized carbons (Fsp3) is 0.200. The number of carbonyl (C=O) groups is 1. The minimum Gasteiger partial charge on any atom is -0.497 e. The minimum atomic E-state index is -0.197.